The van der Waals surface area contributed by atoms with Gasteiger partial charge >= 0.3 is 0 Å². The second-order valence-corrected chi connectivity index (χ2v) is 8.65. The standard InChI is InChI=1S/C23H30N4O2/c1-23(2,3)19-8-6-18(7-9-19)21(28)22(29)25-16-17-5-10-20(24-15-17)27-13-11-26(4)12-14-27/h5-10,15H,11-14,16H2,1-4H3,(H,25,29). The van der Waals surface area contributed by atoms with Crippen LogP contribution in [0.25, 0.3) is 0 Å². The van der Waals surface area contributed by atoms with Crippen LogP contribution in [0.2, 0.25) is 0 Å². The molecule has 0 spiro atoms. The molecule has 6 nitrogen and oxygen atoms in total. The highest BCUT2D eigenvalue weighted by Gasteiger charge is 2.19. The van der Waals surface area contributed by atoms with Crippen molar-refractivity contribution in [3.63, 3.8) is 0 Å². The van der Waals surface area contributed by atoms with Crippen LogP contribution in [-0.4, -0.2) is 54.8 Å². The Morgan fingerprint density at radius 3 is 2.21 bits per heavy atom. The molecule has 3 rings (SSSR count). The summed E-state index contributed by atoms with van der Waals surface area (Å²) in [7, 11) is 2.12. The van der Waals surface area contributed by atoms with Gasteiger partial charge in [-0.05, 0) is 29.7 Å². The van der Waals surface area contributed by atoms with E-state index in [-0.39, 0.29) is 12.0 Å². The molecule has 2 heterocycles. The van der Waals surface area contributed by atoms with E-state index in [4.69, 9.17) is 0 Å². The third-order valence-electron chi connectivity index (χ3n) is 5.31. The lowest BCUT2D eigenvalue weighted by Crippen LogP contribution is -2.44. The fourth-order valence-electron chi connectivity index (χ4n) is 3.26. The van der Waals surface area contributed by atoms with Crippen LogP contribution in [0.5, 0.6) is 0 Å². The van der Waals surface area contributed by atoms with Crippen molar-refractivity contribution in [2.45, 2.75) is 32.7 Å². The molecular weight excluding hydrogens is 364 g/mol. The lowest BCUT2D eigenvalue weighted by molar-refractivity contribution is -0.117. The number of pyridine rings is 1. The molecule has 6 heteroatoms. The van der Waals surface area contributed by atoms with E-state index in [9.17, 15) is 9.59 Å². The molecule has 0 atom stereocenters. The fourth-order valence-corrected chi connectivity index (χ4v) is 3.26. The molecule has 0 radical (unpaired) electrons. The highest BCUT2D eigenvalue weighted by molar-refractivity contribution is 6.42. The highest BCUT2D eigenvalue weighted by atomic mass is 16.2. The van der Waals surface area contributed by atoms with Crippen LogP contribution in [0.1, 0.15) is 42.3 Å². The van der Waals surface area contributed by atoms with Crippen molar-refractivity contribution >= 4 is 17.5 Å². The number of benzene rings is 1. The molecule has 1 aliphatic heterocycles. The Morgan fingerprint density at radius 1 is 1.00 bits per heavy atom. The normalized spacial score (nSPS) is 15.2. The lowest BCUT2D eigenvalue weighted by Gasteiger charge is -2.33. The van der Waals surface area contributed by atoms with Gasteiger partial charge in [-0.15, -0.1) is 0 Å². The minimum Gasteiger partial charge on any atom is -0.354 e. The van der Waals surface area contributed by atoms with Crippen LogP contribution in [0, 0.1) is 0 Å². The number of likely N-dealkylation sites (N-methyl/N-ethyl adjacent to an activating group) is 1. The van der Waals surface area contributed by atoms with Gasteiger partial charge in [0, 0.05) is 44.5 Å². The number of aromatic nitrogens is 1. The molecule has 0 bridgehead atoms. The van der Waals surface area contributed by atoms with E-state index in [0.29, 0.717) is 5.56 Å². The van der Waals surface area contributed by atoms with Crippen molar-refractivity contribution in [3.05, 3.63) is 59.3 Å². The summed E-state index contributed by atoms with van der Waals surface area (Å²) in [6.07, 6.45) is 1.76. The van der Waals surface area contributed by atoms with E-state index < -0.39 is 11.7 Å². The zero-order valence-corrected chi connectivity index (χ0v) is 17.7. The smallest absolute Gasteiger partial charge is 0.292 e. The number of Topliss-reactive ketones (excluding diaryl/α,β-unsaturated/α-hetero) is 1. The zero-order valence-electron chi connectivity index (χ0n) is 17.7. The topological polar surface area (TPSA) is 65.5 Å². The summed E-state index contributed by atoms with van der Waals surface area (Å²) in [6, 6.07) is 11.2. The zero-order chi connectivity index (χ0) is 21.0. The Morgan fingerprint density at radius 2 is 1.66 bits per heavy atom. The number of hydrogen-bond donors (Lipinski definition) is 1. The van der Waals surface area contributed by atoms with E-state index in [0.717, 1.165) is 43.1 Å². The number of amides is 1. The predicted octanol–water partition coefficient (Wildman–Crippen LogP) is 2.63. The van der Waals surface area contributed by atoms with Crippen LogP contribution in [-0.2, 0) is 16.8 Å². The number of rotatable bonds is 5. The van der Waals surface area contributed by atoms with Crippen LogP contribution >= 0.6 is 0 Å². The molecule has 0 aliphatic carbocycles. The summed E-state index contributed by atoms with van der Waals surface area (Å²) >= 11 is 0. The molecule has 0 unspecified atom stereocenters. The Hall–Kier alpha value is -2.73. The molecule has 1 amide bonds. The maximum absolute atomic E-state index is 12.4. The first kappa shape index (κ1) is 21.0. The van der Waals surface area contributed by atoms with Gasteiger partial charge in [0.2, 0.25) is 5.78 Å². The molecule has 1 fully saturated rings. The third kappa shape index (κ3) is 5.41. The molecule has 1 aromatic heterocycles. The van der Waals surface area contributed by atoms with Gasteiger partial charge in [0.1, 0.15) is 5.82 Å². The number of hydrogen-bond acceptors (Lipinski definition) is 5. The van der Waals surface area contributed by atoms with E-state index in [1.165, 1.54) is 0 Å². The number of anilines is 1. The number of nitrogens with zero attached hydrogens (tertiary/aromatic N) is 3. The maximum atomic E-state index is 12.4. The van der Waals surface area contributed by atoms with Crippen LogP contribution in [0.4, 0.5) is 5.82 Å². The Balaban J connectivity index is 1.54. The monoisotopic (exact) mass is 394 g/mol. The van der Waals surface area contributed by atoms with Gasteiger partial charge in [0.25, 0.3) is 5.91 Å². The molecule has 154 valence electrons. The van der Waals surface area contributed by atoms with Gasteiger partial charge in [-0.2, -0.15) is 0 Å². The Bertz CT molecular complexity index is 846. The number of ketones is 1. The predicted molar refractivity (Wildman–Crippen MR) is 115 cm³/mol. The minimum atomic E-state index is -0.600. The molecule has 2 aromatic rings. The van der Waals surface area contributed by atoms with Gasteiger partial charge in [0.15, 0.2) is 0 Å². The highest BCUT2D eigenvalue weighted by Crippen LogP contribution is 2.22. The first-order chi connectivity index (χ1) is 13.7. The number of nitrogens with one attached hydrogen (secondary N) is 1. The van der Waals surface area contributed by atoms with Crippen molar-refractivity contribution in [3.8, 4) is 0 Å². The average molecular weight is 395 g/mol. The summed E-state index contributed by atoms with van der Waals surface area (Å²) < 4.78 is 0. The molecule has 1 N–H and O–H groups in total. The maximum Gasteiger partial charge on any atom is 0.292 e. The van der Waals surface area contributed by atoms with Crippen LogP contribution in [0.15, 0.2) is 42.6 Å². The first-order valence-corrected chi connectivity index (χ1v) is 10.1. The van der Waals surface area contributed by atoms with Gasteiger partial charge in [-0.25, -0.2) is 4.98 Å². The number of piperazine rings is 1. The van der Waals surface area contributed by atoms with E-state index >= 15 is 0 Å². The summed E-state index contributed by atoms with van der Waals surface area (Å²) in [4.78, 5) is 33.7. The van der Waals surface area contributed by atoms with Gasteiger partial charge in [0.05, 0.1) is 0 Å². The quantitative estimate of drug-likeness (QED) is 0.624. The molecule has 29 heavy (non-hydrogen) atoms. The molecule has 1 aromatic carbocycles. The fraction of sp³-hybridized carbons (Fsp3) is 0.435. The van der Waals surface area contributed by atoms with E-state index in [1.54, 1.807) is 18.3 Å². The second-order valence-electron chi connectivity index (χ2n) is 8.65. The second kappa shape index (κ2) is 8.74. The summed E-state index contributed by atoms with van der Waals surface area (Å²) in [6.45, 7) is 10.6. The summed E-state index contributed by atoms with van der Waals surface area (Å²) in [5, 5.41) is 2.70. The molecule has 0 saturated carbocycles. The Labute approximate surface area is 172 Å². The van der Waals surface area contributed by atoms with E-state index in [2.05, 4.69) is 47.9 Å². The van der Waals surface area contributed by atoms with Crippen molar-refractivity contribution in [1.82, 2.24) is 15.2 Å². The average Bonchev–Trinajstić information content (AvgIpc) is 2.72. The van der Waals surface area contributed by atoms with Crippen LogP contribution in [0.3, 0.4) is 0 Å². The number of carbonyl (C=O) groups excluding carboxylic acids is 2. The van der Waals surface area contributed by atoms with Crippen LogP contribution < -0.4 is 10.2 Å². The summed E-state index contributed by atoms with van der Waals surface area (Å²) in [5.74, 6) is -0.174. The number of carbonyl (C=O) groups is 2. The van der Waals surface area contributed by atoms with Crippen molar-refractivity contribution < 1.29 is 9.59 Å². The Kier molecular flexibility index (Phi) is 6.33. The van der Waals surface area contributed by atoms with Crippen molar-refractivity contribution in [1.29, 1.82) is 0 Å². The lowest BCUT2D eigenvalue weighted by atomic mass is 9.86. The minimum absolute atomic E-state index is 0.00706. The first-order valence-electron chi connectivity index (χ1n) is 10.1. The van der Waals surface area contributed by atoms with E-state index in [1.807, 2.05) is 24.3 Å². The molecule has 1 saturated heterocycles. The van der Waals surface area contributed by atoms with Crippen molar-refractivity contribution in [2.24, 2.45) is 0 Å². The molecule has 1 aliphatic rings. The SMILES string of the molecule is CN1CCN(c2ccc(CNC(=O)C(=O)c3ccc(C(C)(C)C)cc3)cn2)CC1. The van der Waals surface area contributed by atoms with Gasteiger partial charge < -0.3 is 15.1 Å². The largest absolute Gasteiger partial charge is 0.354 e. The molecular formula is C23H30N4O2. The third-order valence-corrected chi connectivity index (χ3v) is 5.31. The van der Waals surface area contributed by atoms with Gasteiger partial charge in [-0.3, -0.25) is 9.59 Å². The van der Waals surface area contributed by atoms with Crippen molar-refractivity contribution in [2.75, 3.05) is 38.1 Å². The van der Waals surface area contributed by atoms with Gasteiger partial charge in [-0.1, -0.05) is 51.1 Å². The summed E-state index contributed by atoms with van der Waals surface area (Å²) in [5.41, 5.74) is 2.40.